The maximum absolute atomic E-state index is 15.1. The number of hydrogen-bond donors (Lipinski definition) is 1. The van der Waals surface area contributed by atoms with Crippen molar-refractivity contribution in [2.45, 2.75) is 57.2 Å². The van der Waals surface area contributed by atoms with Crippen LogP contribution in [0.4, 0.5) is 23.4 Å². The van der Waals surface area contributed by atoms with E-state index in [1.807, 2.05) is 0 Å². The second-order valence-corrected chi connectivity index (χ2v) is 10.6. The molecule has 0 amide bonds. The van der Waals surface area contributed by atoms with Crippen LogP contribution in [-0.2, 0) is 10.7 Å². The third kappa shape index (κ3) is 5.31. The van der Waals surface area contributed by atoms with Gasteiger partial charge >= 0.3 is 0 Å². The average molecular weight is 493 g/mol. The summed E-state index contributed by atoms with van der Waals surface area (Å²) >= 11 is 0. The van der Waals surface area contributed by atoms with E-state index in [1.54, 1.807) is 13.0 Å². The Hall–Kier alpha value is -2.26. The number of nitrogens with zero attached hydrogens (tertiary/aromatic N) is 3. The average Bonchev–Trinajstić information content (AvgIpc) is 3.33. The predicted molar refractivity (Wildman–Crippen MR) is 126 cm³/mol. The summed E-state index contributed by atoms with van der Waals surface area (Å²) in [5, 5.41) is 11.5. The van der Waals surface area contributed by atoms with Crippen LogP contribution in [0.1, 0.15) is 43.7 Å². The maximum Gasteiger partial charge on any atom is 0.274 e. The molecule has 3 atom stereocenters. The maximum atomic E-state index is 15.1. The summed E-state index contributed by atoms with van der Waals surface area (Å²) in [4.78, 5) is 2.22. The Morgan fingerprint density at radius 1 is 1.11 bits per heavy atom. The van der Waals surface area contributed by atoms with Gasteiger partial charge in [-0.1, -0.05) is 6.07 Å². The highest BCUT2D eigenvalue weighted by atomic mass is 19.3. The van der Waals surface area contributed by atoms with Gasteiger partial charge in [0.15, 0.2) is 5.82 Å². The Morgan fingerprint density at radius 3 is 2.46 bits per heavy atom. The number of anilines is 1. The molecule has 0 radical (unpaired) electrons. The molecule has 2 aromatic rings. The van der Waals surface area contributed by atoms with Gasteiger partial charge in [-0.3, -0.25) is 4.90 Å². The third-order valence-corrected chi connectivity index (χ3v) is 7.81. The summed E-state index contributed by atoms with van der Waals surface area (Å²) in [5.41, 5.74) is -0.0241. The molecular formula is C26H32F4N4O. The molecule has 3 aliphatic rings. The summed E-state index contributed by atoms with van der Waals surface area (Å²) in [6.07, 6.45) is 2.54. The summed E-state index contributed by atoms with van der Waals surface area (Å²) in [6, 6.07) is 5.52. The van der Waals surface area contributed by atoms with E-state index in [0.717, 1.165) is 38.4 Å². The number of likely N-dealkylation sites (tertiary alicyclic amines) is 1. The van der Waals surface area contributed by atoms with Gasteiger partial charge in [-0.05, 0) is 55.4 Å². The van der Waals surface area contributed by atoms with E-state index in [4.69, 9.17) is 4.74 Å². The number of halogens is 4. The van der Waals surface area contributed by atoms with Gasteiger partial charge in [0.25, 0.3) is 5.92 Å². The van der Waals surface area contributed by atoms with Gasteiger partial charge in [0.05, 0.1) is 11.3 Å². The fraction of sp³-hybridized carbons (Fsp3) is 0.615. The van der Waals surface area contributed by atoms with Crippen molar-refractivity contribution in [3.05, 3.63) is 41.2 Å². The molecule has 2 aliphatic heterocycles. The fourth-order valence-corrected chi connectivity index (χ4v) is 5.97. The van der Waals surface area contributed by atoms with Gasteiger partial charge in [0, 0.05) is 64.2 Å². The van der Waals surface area contributed by atoms with Crippen LogP contribution >= 0.6 is 0 Å². The van der Waals surface area contributed by atoms with Crippen LogP contribution in [0.2, 0.25) is 0 Å². The van der Waals surface area contributed by atoms with Crippen LogP contribution in [-0.4, -0.2) is 59.7 Å². The minimum Gasteiger partial charge on any atom is -0.381 e. The predicted octanol–water partition coefficient (Wildman–Crippen LogP) is 5.34. The quantitative estimate of drug-likeness (QED) is 0.552. The number of aryl methyl sites for hydroxylation is 1. The van der Waals surface area contributed by atoms with Crippen molar-refractivity contribution in [1.82, 2.24) is 15.1 Å². The van der Waals surface area contributed by atoms with E-state index in [2.05, 4.69) is 20.4 Å². The van der Waals surface area contributed by atoms with Gasteiger partial charge in [-0.25, -0.2) is 17.6 Å². The second kappa shape index (κ2) is 9.32. The van der Waals surface area contributed by atoms with Crippen molar-refractivity contribution >= 4 is 5.82 Å². The van der Waals surface area contributed by atoms with Crippen LogP contribution in [0.5, 0.6) is 0 Å². The van der Waals surface area contributed by atoms with Crippen LogP contribution in [0.3, 0.4) is 0 Å². The highest BCUT2D eigenvalue weighted by Crippen LogP contribution is 2.42. The molecule has 190 valence electrons. The standard InChI is InChI=1S/C26H32F4N4O/c1-16-3-4-19(27)11-21(16)23-12-22(25(2,28)29)24(33-32-23)31-20-9-17-13-34(14-18(17)10-20)15-26(30)5-7-35-8-6-26/h3-4,11-12,17-18,20H,5-10,13-15H2,1-2H3,(H,31,33)/t17-,18+,20?. The number of alkyl halides is 3. The van der Waals surface area contributed by atoms with E-state index < -0.39 is 17.4 Å². The largest absolute Gasteiger partial charge is 0.381 e. The van der Waals surface area contributed by atoms with Crippen molar-refractivity contribution in [3.8, 4) is 11.3 Å². The van der Waals surface area contributed by atoms with E-state index in [1.165, 1.54) is 18.2 Å². The topological polar surface area (TPSA) is 50.3 Å². The molecule has 1 N–H and O–H groups in total. The van der Waals surface area contributed by atoms with Crippen molar-refractivity contribution in [3.63, 3.8) is 0 Å². The number of nitrogens with one attached hydrogen (secondary N) is 1. The lowest BCUT2D eigenvalue weighted by atomic mass is 9.96. The first kappa shape index (κ1) is 24.4. The lowest BCUT2D eigenvalue weighted by Gasteiger charge is -2.33. The minimum absolute atomic E-state index is 0.00623. The normalized spacial score (nSPS) is 26.6. The zero-order chi connectivity index (χ0) is 24.8. The number of hydrogen-bond acceptors (Lipinski definition) is 5. The molecule has 35 heavy (non-hydrogen) atoms. The van der Waals surface area contributed by atoms with Gasteiger partial charge in [-0.15, -0.1) is 10.2 Å². The number of aromatic nitrogens is 2. The van der Waals surface area contributed by atoms with Gasteiger partial charge < -0.3 is 10.1 Å². The van der Waals surface area contributed by atoms with E-state index in [0.29, 0.717) is 50.0 Å². The van der Waals surface area contributed by atoms with Crippen molar-refractivity contribution in [1.29, 1.82) is 0 Å². The Labute approximate surface area is 203 Å². The molecule has 3 fully saturated rings. The highest BCUT2D eigenvalue weighted by molar-refractivity contribution is 5.66. The van der Waals surface area contributed by atoms with Gasteiger partial charge in [0.1, 0.15) is 11.5 Å². The summed E-state index contributed by atoms with van der Waals surface area (Å²) in [6.45, 7) is 5.67. The van der Waals surface area contributed by atoms with Crippen LogP contribution in [0.15, 0.2) is 24.3 Å². The molecular weight excluding hydrogens is 460 g/mol. The van der Waals surface area contributed by atoms with Gasteiger partial charge in [0.2, 0.25) is 0 Å². The van der Waals surface area contributed by atoms with Crippen molar-refractivity contribution in [2.24, 2.45) is 11.8 Å². The molecule has 5 rings (SSSR count). The highest BCUT2D eigenvalue weighted by Gasteiger charge is 2.44. The number of rotatable bonds is 6. The fourth-order valence-electron chi connectivity index (χ4n) is 5.97. The molecule has 9 heteroatoms. The molecule has 1 saturated carbocycles. The molecule has 1 aromatic carbocycles. The van der Waals surface area contributed by atoms with Gasteiger partial charge in [-0.2, -0.15) is 0 Å². The smallest absolute Gasteiger partial charge is 0.274 e. The Kier molecular flexibility index (Phi) is 6.50. The Balaban J connectivity index is 1.27. The lowest BCUT2D eigenvalue weighted by molar-refractivity contribution is -0.0248. The summed E-state index contributed by atoms with van der Waals surface area (Å²) < 4.78 is 63.3. The lowest BCUT2D eigenvalue weighted by Crippen LogP contribution is -2.43. The van der Waals surface area contributed by atoms with Crippen molar-refractivity contribution < 1.29 is 22.3 Å². The summed E-state index contributed by atoms with van der Waals surface area (Å²) in [5.74, 6) is -2.71. The molecule has 0 spiro atoms. The van der Waals surface area contributed by atoms with E-state index in [-0.39, 0.29) is 23.1 Å². The molecule has 3 heterocycles. The zero-order valence-corrected chi connectivity index (χ0v) is 20.2. The SMILES string of the molecule is Cc1ccc(F)cc1-c1cc(C(C)(F)F)c(NC2C[C@@H]3CN(CC4(F)CCOCC4)C[C@@H]3C2)nn1. The van der Waals surface area contributed by atoms with Crippen LogP contribution in [0.25, 0.3) is 11.3 Å². The molecule has 1 aliphatic carbocycles. The number of ether oxygens (including phenoxy) is 1. The monoisotopic (exact) mass is 492 g/mol. The van der Waals surface area contributed by atoms with Crippen LogP contribution < -0.4 is 5.32 Å². The van der Waals surface area contributed by atoms with E-state index in [9.17, 15) is 13.2 Å². The van der Waals surface area contributed by atoms with Crippen LogP contribution in [0, 0.1) is 24.6 Å². The molecule has 5 nitrogen and oxygen atoms in total. The minimum atomic E-state index is -3.14. The first-order valence-corrected chi connectivity index (χ1v) is 12.4. The third-order valence-electron chi connectivity index (χ3n) is 7.81. The molecule has 1 aromatic heterocycles. The van der Waals surface area contributed by atoms with E-state index >= 15 is 4.39 Å². The molecule has 0 bridgehead atoms. The Morgan fingerprint density at radius 2 is 1.80 bits per heavy atom. The molecule has 2 saturated heterocycles. The van der Waals surface area contributed by atoms with Crippen molar-refractivity contribution in [2.75, 3.05) is 38.2 Å². The number of fused-ring (bicyclic) bond motifs is 1. The molecule has 1 unspecified atom stereocenters. The second-order valence-electron chi connectivity index (χ2n) is 10.6. The first-order valence-electron chi connectivity index (χ1n) is 12.4. The summed E-state index contributed by atoms with van der Waals surface area (Å²) in [7, 11) is 0. The first-order chi connectivity index (χ1) is 16.6. The zero-order valence-electron chi connectivity index (χ0n) is 20.2. The number of benzene rings is 1. The Bertz CT molecular complexity index is 1060.